The Morgan fingerprint density at radius 3 is 2.67 bits per heavy atom. The average molecular weight is 255 g/mol. The fraction of sp³-hybridized carbons (Fsp3) is 0.846. The molecule has 0 aromatic heterocycles. The van der Waals surface area contributed by atoms with Gasteiger partial charge in [0.25, 0.3) is 0 Å². The third kappa shape index (κ3) is 3.98. The van der Waals surface area contributed by atoms with E-state index in [1.54, 1.807) is 19.0 Å². The molecule has 5 nitrogen and oxygen atoms in total. The lowest BCUT2D eigenvalue weighted by atomic mass is 9.98. The summed E-state index contributed by atoms with van der Waals surface area (Å²) in [6, 6.07) is 0.313. The number of nitrogens with zero attached hydrogens (tertiary/aromatic N) is 1. The Bertz CT molecular complexity index is 307. The molecule has 0 bridgehead atoms. The van der Waals surface area contributed by atoms with Crippen LogP contribution >= 0.6 is 0 Å². The summed E-state index contributed by atoms with van der Waals surface area (Å²) in [5, 5.41) is 5.92. The zero-order valence-corrected chi connectivity index (χ0v) is 11.8. The van der Waals surface area contributed by atoms with Crippen LogP contribution in [0.25, 0.3) is 0 Å². The second-order valence-corrected chi connectivity index (χ2v) is 5.29. The Hall–Kier alpha value is -1.10. The fourth-order valence-electron chi connectivity index (χ4n) is 2.43. The molecule has 1 heterocycles. The van der Waals surface area contributed by atoms with Gasteiger partial charge in [-0.3, -0.25) is 9.59 Å². The fourth-order valence-corrected chi connectivity index (χ4v) is 2.43. The first-order valence-corrected chi connectivity index (χ1v) is 6.68. The topological polar surface area (TPSA) is 61.4 Å². The van der Waals surface area contributed by atoms with E-state index in [4.69, 9.17) is 0 Å². The Morgan fingerprint density at radius 2 is 2.11 bits per heavy atom. The van der Waals surface area contributed by atoms with Crippen LogP contribution in [0.5, 0.6) is 0 Å². The summed E-state index contributed by atoms with van der Waals surface area (Å²) in [6.45, 7) is 4.40. The van der Waals surface area contributed by atoms with E-state index in [-0.39, 0.29) is 23.8 Å². The Balaban J connectivity index is 2.47. The van der Waals surface area contributed by atoms with Gasteiger partial charge in [0.1, 0.15) is 0 Å². The van der Waals surface area contributed by atoms with Crippen LogP contribution in [0.2, 0.25) is 0 Å². The van der Waals surface area contributed by atoms with E-state index in [9.17, 15) is 9.59 Å². The largest absolute Gasteiger partial charge is 0.359 e. The molecule has 1 fully saturated rings. The van der Waals surface area contributed by atoms with Crippen LogP contribution in [-0.2, 0) is 9.59 Å². The van der Waals surface area contributed by atoms with Gasteiger partial charge in [-0.2, -0.15) is 0 Å². The number of rotatable bonds is 4. The van der Waals surface area contributed by atoms with E-state index in [1.807, 2.05) is 6.92 Å². The number of hydrogen-bond donors (Lipinski definition) is 2. The lowest BCUT2D eigenvalue weighted by Gasteiger charge is -2.31. The smallest absolute Gasteiger partial charge is 0.239 e. The molecule has 0 saturated carbocycles. The number of amides is 2. The Kier molecular flexibility index (Phi) is 5.59. The molecule has 0 spiro atoms. The van der Waals surface area contributed by atoms with E-state index in [0.29, 0.717) is 12.6 Å². The summed E-state index contributed by atoms with van der Waals surface area (Å²) >= 11 is 0. The van der Waals surface area contributed by atoms with Crippen molar-refractivity contribution < 1.29 is 9.59 Å². The van der Waals surface area contributed by atoms with Crippen molar-refractivity contribution in [3.05, 3.63) is 0 Å². The first kappa shape index (κ1) is 15.0. The second-order valence-electron chi connectivity index (χ2n) is 5.29. The quantitative estimate of drug-likeness (QED) is 0.762. The summed E-state index contributed by atoms with van der Waals surface area (Å²) in [5.41, 5.74) is 0. The number of carbonyl (C=O) groups is 2. The molecule has 1 saturated heterocycles. The Morgan fingerprint density at radius 1 is 1.44 bits per heavy atom. The maximum Gasteiger partial charge on any atom is 0.239 e. The molecule has 0 radical (unpaired) electrons. The zero-order chi connectivity index (χ0) is 13.7. The van der Waals surface area contributed by atoms with Crippen LogP contribution in [0.1, 0.15) is 33.1 Å². The highest BCUT2D eigenvalue weighted by Crippen LogP contribution is 2.14. The molecule has 0 aliphatic carbocycles. The van der Waals surface area contributed by atoms with Crippen LogP contribution in [0.4, 0.5) is 0 Å². The van der Waals surface area contributed by atoms with Crippen LogP contribution in [0.3, 0.4) is 0 Å². The molecular weight excluding hydrogens is 230 g/mol. The van der Waals surface area contributed by atoms with Gasteiger partial charge in [-0.15, -0.1) is 0 Å². The third-order valence-corrected chi connectivity index (χ3v) is 3.53. The average Bonchev–Trinajstić information content (AvgIpc) is 2.36. The van der Waals surface area contributed by atoms with Gasteiger partial charge in [0, 0.05) is 26.7 Å². The number of nitrogens with one attached hydrogen (secondary N) is 2. The van der Waals surface area contributed by atoms with E-state index in [0.717, 1.165) is 19.3 Å². The number of hydrogen-bond acceptors (Lipinski definition) is 3. The lowest BCUT2D eigenvalue weighted by Crippen LogP contribution is -2.51. The lowest BCUT2D eigenvalue weighted by molar-refractivity contribution is -0.134. The van der Waals surface area contributed by atoms with E-state index >= 15 is 0 Å². The summed E-state index contributed by atoms with van der Waals surface area (Å²) in [5.74, 6) is -0.109. The summed E-state index contributed by atoms with van der Waals surface area (Å²) in [6.07, 6.45) is 3.10. The van der Waals surface area contributed by atoms with Crippen molar-refractivity contribution in [3.63, 3.8) is 0 Å². The van der Waals surface area contributed by atoms with Gasteiger partial charge in [-0.25, -0.2) is 0 Å². The van der Waals surface area contributed by atoms with Gasteiger partial charge in [0.05, 0.1) is 12.0 Å². The van der Waals surface area contributed by atoms with Crippen molar-refractivity contribution in [2.75, 3.05) is 20.6 Å². The van der Waals surface area contributed by atoms with E-state index in [1.165, 1.54) is 0 Å². The molecule has 104 valence electrons. The summed E-state index contributed by atoms with van der Waals surface area (Å²) in [7, 11) is 3.38. The molecular formula is C13H25N3O2. The minimum atomic E-state index is -0.176. The molecule has 3 atom stereocenters. The van der Waals surface area contributed by atoms with Crippen molar-refractivity contribution >= 4 is 11.8 Å². The van der Waals surface area contributed by atoms with Crippen LogP contribution < -0.4 is 10.6 Å². The molecule has 2 N–H and O–H groups in total. The summed E-state index contributed by atoms with van der Waals surface area (Å²) in [4.78, 5) is 25.3. The van der Waals surface area contributed by atoms with Gasteiger partial charge < -0.3 is 15.5 Å². The zero-order valence-electron chi connectivity index (χ0n) is 11.8. The van der Waals surface area contributed by atoms with Crippen LogP contribution in [-0.4, -0.2) is 49.4 Å². The monoisotopic (exact) mass is 255 g/mol. The van der Waals surface area contributed by atoms with Crippen LogP contribution in [0.15, 0.2) is 0 Å². The van der Waals surface area contributed by atoms with Crippen molar-refractivity contribution in [1.82, 2.24) is 15.5 Å². The predicted molar refractivity (Wildman–Crippen MR) is 71.1 cm³/mol. The minimum Gasteiger partial charge on any atom is -0.359 e. The first-order chi connectivity index (χ1) is 8.45. The normalized spacial score (nSPS) is 25.3. The molecule has 18 heavy (non-hydrogen) atoms. The Labute approximate surface area is 109 Å². The van der Waals surface area contributed by atoms with Crippen molar-refractivity contribution in [2.24, 2.45) is 5.92 Å². The standard InChI is InChI=1S/C13H25N3O2/c1-9(12(17)14-3)8-16(4)13(18)11-7-5-6-10(2)15-11/h9-11,15H,5-8H2,1-4H3,(H,14,17). The second kappa shape index (κ2) is 6.73. The van der Waals surface area contributed by atoms with E-state index < -0.39 is 0 Å². The predicted octanol–water partition coefficient (Wildman–Crippen LogP) is 0.358. The first-order valence-electron chi connectivity index (χ1n) is 6.68. The van der Waals surface area contributed by atoms with Crippen LogP contribution in [0, 0.1) is 5.92 Å². The van der Waals surface area contributed by atoms with Gasteiger partial charge >= 0.3 is 0 Å². The maximum atomic E-state index is 12.2. The molecule has 3 unspecified atom stereocenters. The third-order valence-electron chi connectivity index (χ3n) is 3.53. The number of carbonyl (C=O) groups excluding carboxylic acids is 2. The van der Waals surface area contributed by atoms with Crippen molar-refractivity contribution in [2.45, 2.75) is 45.2 Å². The van der Waals surface area contributed by atoms with Gasteiger partial charge in [0.2, 0.25) is 11.8 Å². The number of piperidine rings is 1. The molecule has 0 aromatic rings. The minimum absolute atomic E-state index is 0.0281. The molecule has 1 aliphatic rings. The molecule has 1 aliphatic heterocycles. The van der Waals surface area contributed by atoms with Gasteiger partial charge in [-0.05, 0) is 26.2 Å². The summed E-state index contributed by atoms with van der Waals surface area (Å²) < 4.78 is 0. The van der Waals surface area contributed by atoms with Crippen molar-refractivity contribution in [3.8, 4) is 0 Å². The molecule has 1 rings (SSSR count). The van der Waals surface area contributed by atoms with Gasteiger partial charge in [-0.1, -0.05) is 6.92 Å². The highest BCUT2D eigenvalue weighted by atomic mass is 16.2. The molecule has 0 aromatic carbocycles. The molecule has 2 amide bonds. The maximum absolute atomic E-state index is 12.2. The number of likely N-dealkylation sites (N-methyl/N-ethyl adjacent to an activating group) is 1. The van der Waals surface area contributed by atoms with Crippen molar-refractivity contribution in [1.29, 1.82) is 0 Å². The SMILES string of the molecule is CNC(=O)C(C)CN(C)C(=O)C1CCCC(C)N1. The van der Waals surface area contributed by atoms with Gasteiger partial charge in [0.15, 0.2) is 0 Å². The highest BCUT2D eigenvalue weighted by Gasteiger charge is 2.27. The highest BCUT2D eigenvalue weighted by molar-refractivity contribution is 5.83. The van der Waals surface area contributed by atoms with E-state index in [2.05, 4.69) is 17.6 Å². The molecule has 5 heteroatoms.